The molecule has 0 aromatic heterocycles. The number of benzene rings is 1. The van der Waals surface area contributed by atoms with E-state index in [-0.39, 0.29) is 10.6 Å². The van der Waals surface area contributed by atoms with Crippen molar-refractivity contribution in [1.82, 2.24) is 0 Å². The summed E-state index contributed by atoms with van der Waals surface area (Å²) in [4.78, 5) is 10.7. The number of halogens is 3. The van der Waals surface area contributed by atoms with Gasteiger partial charge in [-0.2, -0.15) is 0 Å². The van der Waals surface area contributed by atoms with Crippen LogP contribution in [-0.4, -0.2) is 23.5 Å². The second-order valence-corrected chi connectivity index (χ2v) is 3.67. The highest BCUT2D eigenvalue weighted by Crippen LogP contribution is 2.21. The average Bonchev–Trinajstić information content (AvgIpc) is 2.20. The number of hydrogen-bond acceptors (Lipinski definition) is 2. The maximum atomic E-state index is 12.2. The fraction of sp³-hybridized carbons (Fsp3) is 0.300. The minimum absolute atomic E-state index is 0.0720. The number of alkyl halides is 2. The van der Waals surface area contributed by atoms with Crippen LogP contribution in [0.2, 0.25) is 5.02 Å². The van der Waals surface area contributed by atoms with Crippen molar-refractivity contribution >= 4 is 23.3 Å². The standard InChI is InChI=1S/C10H10ClF2NO2/c1-5(9(12)13)14-6-2-3-8(11)7(4-6)10(15)16/h2-5,9,14H,1H3,(H,15,16). The predicted molar refractivity (Wildman–Crippen MR) is 57.5 cm³/mol. The Labute approximate surface area is 96.0 Å². The zero-order chi connectivity index (χ0) is 12.3. The van der Waals surface area contributed by atoms with Gasteiger partial charge in [-0.1, -0.05) is 11.6 Å². The molecule has 88 valence electrons. The van der Waals surface area contributed by atoms with Gasteiger partial charge in [-0.25, -0.2) is 13.6 Å². The lowest BCUT2D eigenvalue weighted by atomic mass is 10.2. The summed E-state index contributed by atoms with van der Waals surface area (Å²) < 4.78 is 24.5. The van der Waals surface area contributed by atoms with Crippen LogP contribution in [0.1, 0.15) is 17.3 Å². The Morgan fingerprint density at radius 3 is 2.62 bits per heavy atom. The number of anilines is 1. The van der Waals surface area contributed by atoms with Crippen molar-refractivity contribution in [3.63, 3.8) is 0 Å². The highest BCUT2D eigenvalue weighted by Gasteiger charge is 2.15. The smallest absolute Gasteiger partial charge is 0.337 e. The molecule has 0 radical (unpaired) electrons. The van der Waals surface area contributed by atoms with E-state index in [1.165, 1.54) is 25.1 Å². The number of aromatic carboxylic acids is 1. The normalized spacial score (nSPS) is 12.6. The quantitative estimate of drug-likeness (QED) is 0.862. The highest BCUT2D eigenvalue weighted by molar-refractivity contribution is 6.33. The molecule has 1 aromatic rings. The minimum Gasteiger partial charge on any atom is -0.478 e. The zero-order valence-corrected chi connectivity index (χ0v) is 9.13. The third-order valence-electron chi connectivity index (χ3n) is 1.97. The number of hydrogen-bond donors (Lipinski definition) is 2. The van der Waals surface area contributed by atoms with Gasteiger partial charge in [0.1, 0.15) is 0 Å². The molecule has 0 saturated heterocycles. The molecule has 6 heteroatoms. The SMILES string of the molecule is CC(Nc1ccc(Cl)c(C(=O)O)c1)C(F)F. The number of nitrogens with one attached hydrogen (secondary N) is 1. The summed E-state index contributed by atoms with van der Waals surface area (Å²) in [6.45, 7) is 1.31. The number of rotatable bonds is 4. The van der Waals surface area contributed by atoms with Crippen LogP contribution in [0.15, 0.2) is 18.2 Å². The summed E-state index contributed by atoms with van der Waals surface area (Å²) in [6, 6.07) is 2.98. The first kappa shape index (κ1) is 12.7. The second-order valence-electron chi connectivity index (χ2n) is 3.27. The molecule has 1 aromatic carbocycles. The molecule has 0 aliphatic heterocycles. The molecule has 0 aliphatic carbocycles. The van der Waals surface area contributed by atoms with Crippen molar-refractivity contribution in [2.75, 3.05) is 5.32 Å². The van der Waals surface area contributed by atoms with E-state index in [1.807, 2.05) is 0 Å². The van der Waals surface area contributed by atoms with Crippen LogP contribution in [0.25, 0.3) is 0 Å². The number of carboxylic acid groups (broad SMARTS) is 1. The Morgan fingerprint density at radius 2 is 2.12 bits per heavy atom. The van der Waals surface area contributed by atoms with Gasteiger partial charge in [0.15, 0.2) is 0 Å². The van der Waals surface area contributed by atoms with Gasteiger partial charge in [0.25, 0.3) is 6.43 Å². The first-order chi connectivity index (χ1) is 7.41. The third-order valence-corrected chi connectivity index (χ3v) is 2.30. The van der Waals surface area contributed by atoms with E-state index in [9.17, 15) is 13.6 Å². The van der Waals surface area contributed by atoms with E-state index in [0.717, 1.165) is 0 Å². The van der Waals surface area contributed by atoms with E-state index in [4.69, 9.17) is 16.7 Å². The maximum Gasteiger partial charge on any atom is 0.337 e. The average molecular weight is 250 g/mol. The van der Waals surface area contributed by atoms with Crippen LogP contribution in [0.5, 0.6) is 0 Å². The van der Waals surface area contributed by atoms with Crippen molar-refractivity contribution in [3.8, 4) is 0 Å². The fourth-order valence-corrected chi connectivity index (χ4v) is 1.30. The molecule has 3 nitrogen and oxygen atoms in total. The lowest BCUT2D eigenvalue weighted by Gasteiger charge is -2.14. The molecule has 0 aliphatic rings. The Morgan fingerprint density at radius 1 is 1.50 bits per heavy atom. The Hall–Kier alpha value is -1.36. The van der Waals surface area contributed by atoms with Gasteiger partial charge in [0, 0.05) is 5.69 Å². The number of carbonyl (C=O) groups is 1. The van der Waals surface area contributed by atoms with Gasteiger partial charge in [0.2, 0.25) is 0 Å². The first-order valence-electron chi connectivity index (χ1n) is 4.49. The van der Waals surface area contributed by atoms with Gasteiger partial charge < -0.3 is 10.4 Å². The van der Waals surface area contributed by atoms with Crippen LogP contribution < -0.4 is 5.32 Å². The van der Waals surface area contributed by atoms with Crippen LogP contribution >= 0.6 is 11.6 Å². The van der Waals surface area contributed by atoms with Gasteiger partial charge in [-0.05, 0) is 25.1 Å². The maximum absolute atomic E-state index is 12.2. The third kappa shape index (κ3) is 3.06. The zero-order valence-electron chi connectivity index (χ0n) is 8.38. The van der Waals surface area contributed by atoms with Crippen LogP contribution in [-0.2, 0) is 0 Å². The van der Waals surface area contributed by atoms with E-state index < -0.39 is 18.4 Å². The van der Waals surface area contributed by atoms with Crippen molar-refractivity contribution in [2.45, 2.75) is 19.4 Å². The van der Waals surface area contributed by atoms with Crippen LogP contribution in [0.3, 0.4) is 0 Å². The van der Waals surface area contributed by atoms with Crippen molar-refractivity contribution < 1.29 is 18.7 Å². The molecule has 2 N–H and O–H groups in total. The molecular weight excluding hydrogens is 240 g/mol. The summed E-state index contributed by atoms with van der Waals surface area (Å²) in [5.41, 5.74) is 0.183. The summed E-state index contributed by atoms with van der Waals surface area (Å²) in [6.07, 6.45) is -2.52. The van der Waals surface area contributed by atoms with E-state index in [1.54, 1.807) is 0 Å². The molecule has 0 saturated carbocycles. The Bertz CT molecular complexity index is 398. The van der Waals surface area contributed by atoms with Gasteiger partial charge in [-0.3, -0.25) is 0 Å². The second kappa shape index (κ2) is 5.12. The Kier molecular flexibility index (Phi) is 4.06. The lowest BCUT2D eigenvalue weighted by Crippen LogP contribution is -2.23. The van der Waals surface area contributed by atoms with Gasteiger partial charge >= 0.3 is 5.97 Å². The van der Waals surface area contributed by atoms with Gasteiger partial charge in [0.05, 0.1) is 16.6 Å². The molecule has 0 fully saturated rings. The first-order valence-corrected chi connectivity index (χ1v) is 4.87. The van der Waals surface area contributed by atoms with Crippen LogP contribution in [0, 0.1) is 0 Å². The van der Waals surface area contributed by atoms with E-state index in [0.29, 0.717) is 5.69 Å². The Balaban J connectivity index is 2.91. The van der Waals surface area contributed by atoms with Crippen LogP contribution in [0.4, 0.5) is 14.5 Å². The van der Waals surface area contributed by atoms with Crippen molar-refractivity contribution in [3.05, 3.63) is 28.8 Å². The van der Waals surface area contributed by atoms with Crippen molar-refractivity contribution in [1.29, 1.82) is 0 Å². The summed E-state index contributed by atoms with van der Waals surface area (Å²) >= 11 is 5.63. The molecule has 0 bridgehead atoms. The number of carboxylic acids is 1. The van der Waals surface area contributed by atoms with E-state index in [2.05, 4.69) is 5.32 Å². The summed E-state index contributed by atoms with van der Waals surface area (Å²) in [7, 11) is 0. The highest BCUT2D eigenvalue weighted by atomic mass is 35.5. The molecule has 1 unspecified atom stereocenters. The molecular formula is C10H10ClF2NO2. The lowest BCUT2D eigenvalue weighted by molar-refractivity contribution is 0.0697. The predicted octanol–water partition coefficient (Wildman–Crippen LogP) is 3.10. The largest absolute Gasteiger partial charge is 0.478 e. The summed E-state index contributed by atoms with van der Waals surface area (Å²) in [5, 5.41) is 11.3. The minimum atomic E-state index is -2.52. The molecule has 0 amide bonds. The molecule has 1 atom stereocenters. The molecule has 0 spiro atoms. The monoisotopic (exact) mass is 249 g/mol. The fourth-order valence-electron chi connectivity index (χ4n) is 1.10. The molecule has 16 heavy (non-hydrogen) atoms. The topological polar surface area (TPSA) is 49.3 Å². The van der Waals surface area contributed by atoms with E-state index >= 15 is 0 Å². The molecule has 1 rings (SSSR count). The van der Waals surface area contributed by atoms with Gasteiger partial charge in [-0.15, -0.1) is 0 Å². The van der Waals surface area contributed by atoms with Crippen molar-refractivity contribution in [2.24, 2.45) is 0 Å². The molecule has 0 heterocycles. The summed E-state index contributed by atoms with van der Waals surface area (Å²) in [5.74, 6) is -1.20.